The van der Waals surface area contributed by atoms with Crippen molar-refractivity contribution < 1.29 is 29.1 Å². The van der Waals surface area contributed by atoms with Crippen LogP contribution in [0.25, 0.3) is 20.9 Å². The van der Waals surface area contributed by atoms with Gasteiger partial charge in [-0.3, -0.25) is 19.3 Å². The maximum absolute atomic E-state index is 13.8. The van der Waals surface area contributed by atoms with E-state index >= 15 is 0 Å². The molecule has 16 nitrogen and oxygen atoms in total. The van der Waals surface area contributed by atoms with E-state index in [1.54, 1.807) is 17.1 Å². The first-order valence-electron chi connectivity index (χ1n) is 24.4. The van der Waals surface area contributed by atoms with Crippen LogP contribution in [0, 0.1) is 79.2 Å². The van der Waals surface area contributed by atoms with E-state index in [2.05, 4.69) is 132 Å². The molecule has 9 aliphatic rings. The second-order valence-electron chi connectivity index (χ2n) is 21.9. The number of hydrogen-bond donors (Lipinski definition) is 3. The highest BCUT2D eigenvalue weighted by Crippen LogP contribution is 2.62. The quantitative estimate of drug-likeness (QED) is 0.0640. The zero-order valence-corrected chi connectivity index (χ0v) is 45.6. The van der Waals surface area contributed by atoms with Gasteiger partial charge in [-0.15, -0.1) is 0 Å². The number of nitrogens with zero attached hydrogens (tertiary/aromatic N) is 8. The van der Waals surface area contributed by atoms with Crippen LogP contribution >= 0.6 is 45.2 Å². The third kappa shape index (κ3) is 10.4. The fourth-order valence-corrected chi connectivity index (χ4v) is 14.2. The van der Waals surface area contributed by atoms with Crippen molar-refractivity contribution >= 4 is 57.1 Å². The Kier molecular flexibility index (Phi) is 16.8. The number of ether oxygens (including phenoxy) is 1. The van der Waals surface area contributed by atoms with Gasteiger partial charge in [-0.2, -0.15) is 10.1 Å². The molecule has 372 valence electrons. The van der Waals surface area contributed by atoms with Crippen LogP contribution in [0.5, 0.6) is 0 Å². The smallest absolute Gasteiger partial charge is 0.326 e. The minimum Gasteiger partial charge on any atom is -0.461 e. The lowest BCUT2D eigenvalue weighted by atomic mass is 9.45. The largest absolute Gasteiger partial charge is 0.461 e. The Bertz CT molecular complexity index is 2270. The zero-order chi connectivity index (χ0) is 49.6. The summed E-state index contributed by atoms with van der Waals surface area (Å²) in [6, 6.07) is 11.6. The zero-order valence-electron chi connectivity index (χ0n) is 41.3. The molecule has 2 aromatic carbocycles. The number of rotatable bonds is 11. The van der Waals surface area contributed by atoms with Gasteiger partial charge in [-0.05, 0) is 190 Å². The minimum atomic E-state index is -0.798. The van der Waals surface area contributed by atoms with E-state index in [9.17, 15) is 14.7 Å². The number of cyclic esters (lactones) is 1. The number of aliphatic hydroxyl groups excluding tert-OH is 1. The number of carbonyl (C=O) groups excluding carboxylic acids is 2. The van der Waals surface area contributed by atoms with Gasteiger partial charge in [0.05, 0.1) is 50.4 Å². The Morgan fingerprint density at radius 3 is 1.87 bits per heavy atom. The molecule has 18 heteroatoms. The Morgan fingerprint density at radius 1 is 0.853 bits per heavy atom. The van der Waals surface area contributed by atoms with Crippen LogP contribution in [0.15, 0.2) is 46.6 Å². The normalized spacial score (nSPS) is 36.4. The molecule has 4 N–H and O–H groups in total. The summed E-state index contributed by atoms with van der Waals surface area (Å²) in [5.41, 5.74) is 28.8. The number of aliphatic hydroxyl groups is 1. The molecular formula is C50H72I2N10O6. The molecule has 9 fully saturated rings. The molecular weight excluding hydrogens is 1090 g/mol. The number of carbonyl (C=O) groups is 2. The van der Waals surface area contributed by atoms with Gasteiger partial charge in [-0.1, -0.05) is 76.0 Å². The van der Waals surface area contributed by atoms with Crippen molar-refractivity contribution in [1.82, 2.24) is 15.4 Å². The Balaban J connectivity index is 0.000000172. The number of nitrogens with one attached hydrogen (secondary N) is 1. The van der Waals surface area contributed by atoms with E-state index in [-0.39, 0.29) is 49.1 Å². The van der Waals surface area contributed by atoms with Crippen molar-refractivity contribution in [3.63, 3.8) is 0 Å². The molecule has 1 unspecified atom stereocenters. The minimum absolute atomic E-state index is 0.0653. The number of esters is 1. The number of benzene rings is 2. The number of amides is 1. The average Bonchev–Trinajstić information content (AvgIpc) is 3.94. The summed E-state index contributed by atoms with van der Waals surface area (Å²) in [5, 5.41) is 24.7. The highest BCUT2D eigenvalue weighted by molar-refractivity contribution is 14.1. The number of halogens is 2. The number of hydroxylamine groups is 4. The summed E-state index contributed by atoms with van der Waals surface area (Å²) >= 11 is 4.60. The summed E-state index contributed by atoms with van der Waals surface area (Å²) in [4.78, 5) is 43.8. The summed E-state index contributed by atoms with van der Waals surface area (Å²) in [7, 11) is 0. The van der Waals surface area contributed by atoms with Gasteiger partial charge >= 0.3 is 5.97 Å². The van der Waals surface area contributed by atoms with Gasteiger partial charge in [-0.25, -0.2) is 0 Å². The van der Waals surface area contributed by atoms with Crippen LogP contribution in [0.3, 0.4) is 0 Å². The molecule has 3 saturated heterocycles. The summed E-state index contributed by atoms with van der Waals surface area (Å²) < 4.78 is 7.68. The molecule has 4 bridgehead atoms. The maximum Gasteiger partial charge on any atom is 0.326 e. The first-order valence-corrected chi connectivity index (χ1v) is 26.6. The van der Waals surface area contributed by atoms with E-state index in [1.165, 1.54) is 28.4 Å². The van der Waals surface area contributed by atoms with Crippen molar-refractivity contribution in [1.29, 1.82) is 0 Å². The van der Waals surface area contributed by atoms with Gasteiger partial charge in [0.1, 0.15) is 18.2 Å². The Labute approximate surface area is 429 Å². The number of hydrogen-bond acceptors (Lipinski definition) is 11. The molecule has 1 amide bonds. The van der Waals surface area contributed by atoms with Crippen LogP contribution in [-0.4, -0.2) is 88.8 Å². The van der Waals surface area contributed by atoms with E-state index in [4.69, 9.17) is 31.2 Å². The van der Waals surface area contributed by atoms with Gasteiger partial charge in [0.15, 0.2) is 0 Å². The topological polar surface area (TPSA) is 224 Å². The molecule has 0 aromatic heterocycles. The van der Waals surface area contributed by atoms with Crippen molar-refractivity contribution in [2.45, 2.75) is 157 Å². The highest BCUT2D eigenvalue weighted by Gasteiger charge is 2.59. The van der Waals surface area contributed by atoms with Crippen LogP contribution in [0.2, 0.25) is 0 Å². The number of nitrogens with two attached hydrogens (primary N) is 1. The van der Waals surface area contributed by atoms with Crippen LogP contribution < -0.4 is 11.1 Å². The SMILES string of the molecule is C[C@@H]1[C@@H](N)C[C@H]2C[C@@H]1C2(C)C.Cc1c(I)cccc1CN1O[C@@H](CN=[N+]=[N-])[C@@H]([C@H](C)O)[C@H]1C(=O)NC1C[C@H]2C[C@@H]([C@@H]1C)C2(C)C.Cc1c(I)cccc1CN1O[C@@H](CN=[N+]=[N-])[C@H]2[C@H](C)OC(=O)[C@H]21. The maximum atomic E-state index is 13.8. The van der Waals surface area contributed by atoms with Crippen LogP contribution in [0.4, 0.5) is 0 Å². The lowest BCUT2D eigenvalue weighted by molar-refractivity contribution is -0.188. The van der Waals surface area contributed by atoms with Gasteiger partial charge < -0.3 is 20.9 Å². The molecule has 11 rings (SSSR count). The van der Waals surface area contributed by atoms with Crippen molar-refractivity contribution in [2.75, 3.05) is 13.1 Å². The van der Waals surface area contributed by atoms with Crippen molar-refractivity contribution in [3.05, 3.63) is 86.7 Å². The second-order valence-corrected chi connectivity index (χ2v) is 24.3. The fourth-order valence-electron chi connectivity index (χ4n) is 13.1. The molecule has 3 aliphatic heterocycles. The first kappa shape index (κ1) is 53.0. The summed E-state index contributed by atoms with van der Waals surface area (Å²) in [5.74, 6) is 3.25. The Hall–Kier alpha value is -2.78. The molecule has 6 aliphatic carbocycles. The van der Waals surface area contributed by atoms with E-state index < -0.39 is 30.2 Å². The van der Waals surface area contributed by atoms with E-state index in [0.29, 0.717) is 47.7 Å². The second kappa shape index (κ2) is 21.5. The molecule has 0 spiro atoms. The average molecular weight is 1160 g/mol. The van der Waals surface area contributed by atoms with E-state index in [0.717, 1.165) is 44.4 Å². The lowest BCUT2D eigenvalue weighted by Crippen LogP contribution is -2.62. The van der Waals surface area contributed by atoms with Gasteiger partial charge in [0.2, 0.25) is 5.91 Å². The molecule has 3 heterocycles. The number of fused-ring (bicyclic) bond motifs is 5. The van der Waals surface area contributed by atoms with Crippen LogP contribution in [0.1, 0.15) is 103 Å². The van der Waals surface area contributed by atoms with E-state index in [1.807, 2.05) is 37.3 Å². The molecule has 16 atom stereocenters. The van der Waals surface area contributed by atoms with Gasteiger partial charge in [0.25, 0.3) is 0 Å². The summed E-state index contributed by atoms with van der Waals surface area (Å²) in [6.07, 6.45) is 3.01. The third-order valence-corrected chi connectivity index (χ3v) is 20.2. The predicted octanol–water partition coefficient (Wildman–Crippen LogP) is 9.55. The third-order valence-electron chi connectivity index (χ3n) is 17.8. The fraction of sp³-hybridized carbons (Fsp3) is 0.720. The van der Waals surface area contributed by atoms with Crippen molar-refractivity contribution in [2.24, 2.45) is 74.1 Å². The predicted molar refractivity (Wildman–Crippen MR) is 277 cm³/mol. The van der Waals surface area contributed by atoms with Gasteiger partial charge in [0, 0.05) is 35.0 Å². The Morgan fingerprint density at radius 2 is 1.37 bits per heavy atom. The monoisotopic (exact) mass is 1160 g/mol. The molecule has 68 heavy (non-hydrogen) atoms. The molecule has 6 saturated carbocycles. The van der Waals surface area contributed by atoms with Crippen LogP contribution in [-0.2, 0) is 37.1 Å². The lowest BCUT2D eigenvalue weighted by Gasteiger charge is -2.62. The first-order chi connectivity index (χ1) is 32.1. The number of azide groups is 2. The summed E-state index contributed by atoms with van der Waals surface area (Å²) in [6.45, 7) is 22.9. The molecule has 0 radical (unpaired) electrons. The standard InChI is InChI=1S/C25H36IN5O3.C15H17IN4O3.C10H19N/c1-13-16(7-6-8-19(13)26)12-31-23(22(15(3)32)21(34-31)11-28-30-27)24(33)29-20-10-17-9-18(14(20)2)25(17,4)5;1-8-10(4-3-5-11(8)16)7-20-14-13(9(2)22-15(14)21)12(23-20)6-18-19-17;1-6-8-4-7(5-9(6)11)10(8,2)3/h6-8,14-15,17-18,20-23,32H,9-12H2,1-5H3,(H,29,33);3-5,9,12-14H,6-7H2,1-2H3;6-9H,4-5,11H2,1-3H3/t14-,15-,17+,18-,20?,21-,22+,23-;9-,12-,13+,14-;6-,7+,8-,9-/m000/s1. The van der Waals surface area contributed by atoms with Crippen molar-refractivity contribution in [3.8, 4) is 0 Å². The molecule has 2 aromatic rings. The highest BCUT2D eigenvalue weighted by atomic mass is 127.